The van der Waals surface area contributed by atoms with Crippen LogP contribution in [0.3, 0.4) is 0 Å². The van der Waals surface area contributed by atoms with Gasteiger partial charge < -0.3 is 20.0 Å². The van der Waals surface area contributed by atoms with Crippen LogP contribution in [0.4, 0.5) is 0 Å². The van der Waals surface area contributed by atoms with E-state index in [0.29, 0.717) is 25.3 Å². The number of fused-ring (bicyclic) bond motifs is 1. The average molecular weight is 292 g/mol. The van der Waals surface area contributed by atoms with Gasteiger partial charge in [0.1, 0.15) is 6.17 Å². The van der Waals surface area contributed by atoms with E-state index >= 15 is 0 Å². The number of ketones is 1. The molecule has 0 bridgehead atoms. The van der Waals surface area contributed by atoms with Crippen LogP contribution < -0.4 is 5.32 Å². The quantitative estimate of drug-likeness (QED) is 0.723. The van der Waals surface area contributed by atoms with Crippen molar-refractivity contribution in [1.82, 2.24) is 20.0 Å². The Morgan fingerprint density at radius 1 is 1.48 bits per heavy atom. The highest BCUT2D eigenvalue weighted by molar-refractivity contribution is 5.93. The molecule has 1 N–H and O–H groups in total. The molecule has 0 aromatic carbocycles. The number of hydrogen-bond acceptors (Lipinski definition) is 5. The number of carbonyl (C=O) groups is 2. The van der Waals surface area contributed by atoms with E-state index in [0.717, 1.165) is 13.1 Å². The average Bonchev–Trinajstić information content (AvgIpc) is 2.89. The first-order valence-electron chi connectivity index (χ1n) is 7.40. The summed E-state index contributed by atoms with van der Waals surface area (Å²) in [5, 5.41) is 3.18. The second-order valence-electron chi connectivity index (χ2n) is 5.50. The molecule has 1 fully saturated rings. The molecule has 2 heterocycles. The summed E-state index contributed by atoms with van der Waals surface area (Å²) in [4.78, 5) is 29.7. The minimum Gasteiger partial charge on any atom is -0.368 e. The lowest BCUT2D eigenvalue weighted by atomic mass is 10.2. The predicted molar refractivity (Wildman–Crippen MR) is 81.3 cm³/mol. The van der Waals surface area contributed by atoms with Crippen molar-refractivity contribution in [3.63, 3.8) is 0 Å². The smallest absolute Gasteiger partial charge is 0.246 e. The van der Waals surface area contributed by atoms with E-state index in [1.807, 2.05) is 22.9 Å². The van der Waals surface area contributed by atoms with Crippen LogP contribution in [0.15, 0.2) is 24.0 Å². The molecule has 0 radical (unpaired) electrons. The van der Waals surface area contributed by atoms with E-state index in [9.17, 15) is 9.59 Å². The maximum atomic E-state index is 12.2. The number of amides is 1. The number of Topliss-reactive ketones (excluding diaryl/α,β-unsaturated/α-hetero) is 1. The molecule has 1 unspecified atom stereocenters. The van der Waals surface area contributed by atoms with Crippen LogP contribution in [-0.2, 0) is 9.59 Å². The maximum Gasteiger partial charge on any atom is 0.246 e. The third-order valence-electron chi connectivity index (χ3n) is 3.99. The van der Waals surface area contributed by atoms with Gasteiger partial charge in [0.05, 0.1) is 12.2 Å². The topological polar surface area (TPSA) is 55.9 Å². The summed E-state index contributed by atoms with van der Waals surface area (Å²) in [5.41, 5.74) is 0.715. The van der Waals surface area contributed by atoms with Crippen molar-refractivity contribution in [3.05, 3.63) is 24.0 Å². The van der Waals surface area contributed by atoms with Crippen LogP contribution in [0.25, 0.3) is 0 Å². The summed E-state index contributed by atoms with van der Waals surface area (Å²) in [5.74, 6) is 0.101. The Bertz CT molecular complexity index is 472. The van der Waals surface area contributed by atoms with E-state index in [1.165, 1.54) is 0 Å². The number of likely N-dealkylation sites (N-methyl/N-ethyl adjacent to an activating group) is 1. The number of hydrogen-bond donors (Lipinski definition) is 1. The van der Waals surface area contributed by atoms with Gasteiger partial charge in [0.2, 0.25) is 5.91 Å². The van der Waals surface area contributed by atoms with Crippen molar-refractivity contribution in [2.45, 2.75) is 20.0 Å². The molecule has 0 aromatic heterocycles. The summed E-state index contributed by atoms with van der Waals surface area (Å²) < 4.78 is 0. The van der Waals surface area contributed by atoms with Gasteiger partial charge in [-0.05, 0) is 13.6 Å². The van der Waals surface area contributed by atoms with Gasteiger partial charge in [0.25, 0.3) is 0 Å². The van der Waals surface area contributed by atoms with Gasteiger partial charge in [-0.15, -0.1) is 0 Å². The molecular formula is C15H24N4O2. The molecule has 0 aliphatic carbocycles. The van der Waals surface area contributed by atoms with Crippen LogP contribution in [0.5, 0.6) is 0 Å². The lowest BCUT2D eigenvalue weighted by Crippen LogP contribution is -2.55. The first-order chi connectivity index (χ1) is 10.0. The number of nitrogens with zero attached hydrogens (tertiary/aromatic N) is 3. The second kappa shape index (κ2) is 6.76. The third-order valence-corrected chi connectivity index (χ3v) is 3.99. The minimum absolute atomic E-state index is 0.0216. The predicted octanol–water partition coefficient (Wildman–Crippen LogP) is -0.00180. The number of nitrogens with one attached hydrogen (secondary N) is 1. The minimum atomic E-state index is 0.0216. The lowest BCUT2D eigenvalue weighted by molar-refractivity contribution is -0.128. The fourth-order valence-electron chi connectivity index (χ4n) is 2.54. The third kappa shape index (κ3) is 3.64. The van der Waals surface area contributed by atoms with Crippen LogP contribution >= 0.6 is 0 Å². The first-order valence-corrected chi connectivity index (χ1v) is 7.40. The zero-order valence-electron chi connectivity index (χ0n) is 13.0. The standard InChI is InChI=1S/C15H24N4O2/c1-4-17(3)7-5-6-15(21)18-8-9-19-13(12(2)20)10-16-14(19)11-18/h5-6,10,14,16H,4,7-9,11H2,1-3H3/b6-5+. The molecule has 2 aliphatic heterocycles. The molecule has 21 heavy (non-hydrogen) atoms. The van der Waals surface area contributed by atoms with Gasteiger partial charge in [-0.1, -0.05) is 13.0 Å². The lowest BCUT2D eigenvalue weighted by Gasteiger charge is -2.39. The highest BCUT2D eigenvalue weighted by atomic mass is 16.2. The molecule has 6 heteroatoms. The fourth-order valence-corrected chi connectivity index (χ4v) is 2.54. The van der Waals surface area contributed by atoms with Crippen molar-refractivity contribution in [1.29, 1.82) is 0 Å². The number of rotatable bonds is 5. The van der Waals surface area contributed by atoms with Gasteiger partial charge in [-0.3, -0.25) is 9.59 Å². The molecule has 116 valence electrons. The Kier molecular flexibility index (Phi) is 5.01. The summed E-state index contributed by atoms with van der Waals surface area (Å²) in [6.45, 7) is 7.33. The first kappa shape index (κ1) is 15.6. The Labute approximate surface area is 126 Å². The monoisotopic (exact) mass is 292 g/mol. The summed E-state index contributed by atoms with van der Waals surface area (Å²) in [6, 6.07) is 0. The Hall–Kier alpha value is -1.82. The molecule has 6 nitrogen and oxygen atoms in total. The summed E-state index contributed by atoms with van der Waals surface area (Å²) in [7, 11) is 2.02. The molecule has 1 amide bonds. The van der Waals surface area contributed by atoms with E-state index in [-0.39, 0.29) is 17.9 Å². The second-order valence-corrected chi connectivity index (χ2v) is 5.50. The van der Waals surface area contributed by atoms with Crippen molar-refractivity contribution in [2.24, 2.45) is 0 Å². The van der Waals surface area contributed by atoms with Gasteiger partial charge in [0, 0.05) is 38.8 Å². The number of allylic oxidation sites excluding steroid dienone is 1. The van der Waals surface area contributed by atoms with Crippen molar-refractivity contribution < 1.29 is 9.59 Å². The molecule has 0 aromatic rings. The SMILES string of the molecule is CCN(C)C/C=C/C(=O)N1CCN2C(C(C)=O)=CNC2C1. The van der Waals surface area contributed by atoms with Gasteiger partial charge in [-0.2, -0.15) is 0 Å². The Morgan fingerprint density at radius 3 is 2.90 bits per heavy atom. The highest BCUT2D eigenvalue weighted by Gasteiger charge is 2.34. The van der Waals surface area contributed by atoms with Gasteiger partial charge in [-0.25, -0.2) is 0 Å². The maximum absolute atomic E-state index is 12.2. The number of carbonyl (C=O) groups excluding carboxylic acids is 2. The van der Waals surface area contributed by atoms with Crippen LogP contribution in [0.2, 0.25) is 0 Å². The molecule has 2 rings (SSSR count). The van der Waals surface area contributed by atoms with Crippen molar-refractivity contribution in [2.75, 3.05) is 39.8 Å². The van der Waals surface area contributed by atoms with Crippen LogP contribution in [-0.4, -0.2) is 72.3 Å². The van der Waals surface area contributed by atoms with Crippen LogP contribution in [0, 0.1) is 0 Å². The normalized spacial score (nSPS) is 21.5. The van der Waals surface area contributed by atoms with Gasteiger partial charge >= 0.3 is 0 Å². The summed E-state index contributed by atoms with van der Waals surface area (Å²) in [6.07, 6.45) is 5.33. The largest absolute Gasteiger partial charge is 0.368 e. The van der Waals surface area contributed by atoms with E-state index < -0.39 is 0 Å². The zero-order valence-corrected chi connectivity index (χ0v) is 13.0. The van der Waals surface area contributed by atoms with Gasteiger partial charge in [0.15, 0.2) is 5.78 Å². The Balaban J connectivity index is 1.86. The van der Waals surface area contributed by atoms with Crippen molar-refractivity contribution in [3.8, 4) is 0 Å². The molecule has 1 atom stereocenters. The fraction of sp³-hybridized carbons (Fsp3) is 0.600. The zero-order chi connectivity index (χ0) is 15.4. The van der Waals surface area contributed by atoms with Crippen LogP contribution in [0.1, 0.15) is 13.8 Å². The number of piperazine rings is 1. The van der Waals surface area contributed by atoms with E-state index in [1.54, 1.807) is 19.2 Å². The van der Waals surface area contributed by atoms with E-state index in [4.69, 9.17) is 0 Å². The van der Waals surface area contributed by atoms with E-state index in [2.05, 4.69) is 17.1 Å². The molecule has 0 saturated carbocycles. The van der Waals surface area contributed by atoms with Crippen molar-refractivity contribution >= 4 is 11.7 Å². The molecule has 1 saturated heterocycles. The molecular weight excluding hydrogens is 268 g/mol. The summed E-state index contributed by atoms with van der Waals surface area (Å²) >= 11 is 0. The molecule has 2 aliphatic rings. The highest BCUT2D eigenvalue weighted by Crippen LogP contribution is 2.19. The molecule has 0 spiro atoms. The Morgan fingerprint density at radius 2 is 2.24 bits per heavy atom.